The summed E-state index contributed by atoms with van der Waals surface area (Å²) in [6.07, 6.45) is 0. The first-order valence-electron chi connectivity index (χ1n) is 7.49. The molecule has 0 unspecified atom stereocenters. The lowest BCUT2D eigenvalue weighted by atomic mass is 10.1. The zero-order valence-corrected chi connectivity index (χ0v) is 12.4. The zero-order valence-electron chi connectivity index (χ0n) is 12.4. The standard InChI is InChI=1S/C20H15NO2/c22-20-7-3-5-14-9-11-17(12-18(14)20)23-13-16-10-8-15-4-1-2-6-19(15)21-16/h1-12,22H,13H2. The minimum atomic E-state index is 0.261. The fourth-order valence-corrected chi connectivity index (χ4v) is 2.67. The lowest BCUT2D eigenvalue weighted by Crippen LogP contribution is -1.98. The highest BCUT2D eigenvalue weighted by atomic mass is 16.5. The molecule has 23 heavy (non-hydrogen) atoms. The van der Waals surface area contributed by atoms with Crippen LogP contribution in [0.5, 0.6) is 11.5 Å². The molecule has 112 valence electrons. The highest BCUT2D eigenvalue weighted by Crippen LogP contribution is 2.28. The molecule has 1 heterocycles. The molecule has 0 atom stereocenters. The number of fused-ring (bicyclic) bond motifs is 2. The number of pyridine rings is 1. The van der Waals surface area contributed by atoms with Gasteiger partial charge in [-0.05, 0) is 35.7 Å². The number of aromatic hydroxyl groups is 1. The number of nitrogens with zero attached hydrogens (tertiary/aromatic N) is 1. The van der Waals surface area contributed by atoms with E-state index < -0.39 is 0 Å². The molecule has 0 aliphatic heterocycles. The molecule has 4 aromatic rings. The van der Waals surface area contributed by atoms with Crippen LogP contribution in [-0.4, -0.2) is 10.1 Å². The van der Waals surface area contributed by atoms with Crippen LogP contribution >= 0.6 is 0 Å². The number of rotatable bonds is 3. The molecule has 1 N–H and O–H groups in total. The van der Waals surface area contributed by atoms with Gasteiger partial charge in [0.25, 0.3) is 0 Å². The molecule has 1 aromatic heterocycles. The Morgan fingerprint density at radius 1 is 0.826 bits per heavy atom. The Labute approximate surface area is 133 Å². The molecule has 0 radical (unpaired) electrons. The minimum Gasteiger partial charge on any atom is -0.507 e. The van der Waals surface area contributed by atoms with Crippen molar-refractivity contribution in [3.05, 3.63) is 78.5 Å². The number of aromatic nitrogens is 1. The summed E-state index contributed by atoms with van der Waals surface area (Å²) in [5.74, 6) is 0.978. The zero-order chi connectivity index (χ0) is 15.6. The molecule has 3 aromatic carbocycles. The summed E-state index contributed by atoms with van der Waals surface area (Å²) in [5, 5.41) is 12.8. The van der Waals surface area contributed by atoms with Gasteiger partial charge < -0.3 is 9.84 Å². The Hall–Kier alpha value is -3.07. The Morgan fingerprint density at radius 3 is 2.61 bits per heavy atom. The highest BCUT2D eigenvalue weighted by molar-refractivity contribution is 5.89. The van der Waals surface area contributed by atoms with Gasteiger partial charge >= 0.3 is 0 Å². The summed E-state index contributed by atoms with van der Waals surface area (Å²) < 4.78 is 5.83. The smallest absolute Gasteiger partial charge is 0.130 e. The number of phenols is 1. The van der Waals surface area contributed by atoms with Crippen molar-refractivity contribution in [3.8, 4) is 11.5 Å². The van der Waals surface area contributed by atoms with Crippen molar-refractivity contribution in [1.82, 2.24) is 4.98 Å². The first-order valence-corrected chi connectivity index (χ1v) is 7.49. The first-order chi connectivity index (χ1) is 11.3. The third-order valence-corrected chi connectivity index (χ3v) is 3.87. The maximum atomic E-state index is 9.93. The third-order valence-electron chi connectivity index (χ3n) is 3.87. The molecule has 0 bridgehead atoms. The number of hydrogen-bond donors (Lipinski definition) is 1. The summed E-state index contributed by atoms with van der Waals surface area (Å²) in [7, 11) is 0. The molecule has 0 amide bonds. The maximum absolute atomic E-state index is 9.93. The van der Waals surface area contributed by atoms with E-state index >= 15 is 0 Å². The van der Waals surface area contributed by atoms with Crippen molar-refractivity contribution in [2.75, 3.05) is 0 Å². The van der Waals surface area contributed by atoms with Crippen molar-refractivity contribution in [1.29, 1.82) is 0 Å². The van der Waals surface area contributed by atoms with Gasteiger partial charge in [-0.25, -0.2) is 4.98 Å². The van der Waals surface area contributed by atoms with E-state index in [-0.39, 0.29) is 5.75 Å². The number of phenolic OH excluding ortho intramolecular Hbond substituents is 1. The fraction of sp³-hybridized carbons (Fsp3) is 0.0500. The van der Waals surface area contributed by atoms with Crippen LogP contribution in [0.25, 0.3) is 21.7 Å². The van der Waals surface area contributed by atoms with Crippen LogP contribution < -0.4 is 4.74 Å². The SMILES string of the molecule is Oc1cccc2ccc(OCc3ccc4ccccc4n3)cc12. The van der Waals surface area contributed by atoms with Gasteiger partial charge in [-0.3, -0.25) is 0 Å². The normalized spacial score (nSPS) is 11.0. The average Bonchev–Trinajstić information content (AvgIpc) is 2.60. The number of benzene rings is 3. The monoisotopic (exact) mass is 301 g/mol. The maximum Gasteiger partial charge on any atom is 0.130 e. The van der Waals surface area contributed by atoms with Gasteiger partial charge in [0.1, 0.15) is 18.1 Å². The lowest BCUT2D eigenvalue weighted by molar-refractivity contribution is 0.302. The molecule has 4 rings (SSSR count). The molecule has 0 saturated heterocycles. The molecule has 0 aliphatic carbocycles. The van der Waals surface area contributed by atoms with E-state index in [4.69, 9.17) is 4.74 Å². The van der Waals surface area contributed by atoms with E-state index in [1.54, 1.807) is 6.07 Å². The quantitative estimate of drug-likeness (QED) is 0.598. The molecule has 0 spiro atoms. The second-order valence-corrected chi connectivity index (χ2v) is 5.44. The van der Waals surface area contributed by atoms with Crippen molar-refractivity contribution in [2.24, 2.45) is 0 Å². The molecular weight excluding hydrogens is 286 g/mol. The van der Waals surface area contributed by atoms with Crippen LogP contribution in [0, 0.1) is 0 Å². The van der Waals surface area contributed by atoms with Crippen LogP contribution in [0.2, 0.25) is 0 Å². The van der Waals surface area contributed by atoms with Crippen LogP contribution in [0.4, 0.5) is 0 Å². The first kappa shape index (κ1) is 13.6. The van der Waals surface area contributed by atoms with Gasteiger partial charge in [-0.15, -0.1) is 0 Å². The van der Waals surface area contributed by atoms with E-state index in [1.807, 2.05) is 66.7 Å². The summed E-state index contributed by atoms with van der Waals surface area (Å²) in [6, 6.07) is 23.2. The lowest BCUT2D eigenvalue weighted by Gasteiger charge is -2.08. The van der Waals surface area contributed by atoms with Crippen molar-refractivity contribution < 1.29 is 9.84 Å². The predicted octanol–water partition coefficient (Wildman–Crippen LogP) is 4.67. The second kappa shape index (κ2) is 5.61. The van der Waals surface area contributed by atoms with Crippen LogP contribution in [-0.2, 0) is 6.61 Å². The van der Waals surface area contributed by atoms with E-state index in [9.17, 15) is 5.11 Å². The summed E-state index contributed by atoms with van der Waals surface area (Å²) in [6.45, 7) is 0.393. The fourth-order valence-electron chi connectivity index (χ4n) is 2.67. The minimum absolute atomic E-state index is 0.261. The van der Waals surface area contributed by atoms with Crippen molar-refractivity contribution >= 4 is 21.7 Å². The number of hydrogen-bond acceptors (Lipinski definition) is 3. The highest BCUT2D eigenvalue weighted by Gasteiger charge is 2.03. The number of ether oxygens (including phenoxy) is 1. The van der Waals surface area contributed by atoms with E-state index in [2.05, 4.69) is 4.98 Å². The Bertz CT molecular complexity index is 995. The molecule has 3 nitrogen and oxygen atoms in total. The number of para-hydroxylation sites is 1. The van der Waals surface area contributed by atoms with Gasteiger partial charge in [0, 0.05) is 10.8 Å². The molecule has 0 saturated carbocycles. The summed E-state index contributed by atoms with van der Waals surface area (Å²) in [5.41, 5.74) is 1.84. The van der Waals surface area contributed by atoms with Crippen LogP contribution in [0.1, 0.15) is 5.69 Å². The Balaban J connectivity index is 1.59. The van der Waals surface area contributed by atoms with Crippen LogP contribution in [0.3, 0.4) is 0 Å². The van der Waals surface area contributed by atoms with Crippen molar-refractivity contribution in [3.63, 3.8) is 0 Å². The molecule has 0 aliphatic rings. The Morgan fingerprint density at radius 2 is 1.65 bits per heavy atom. The molecule has 3 heteroatoms. The van der Waals surface area contributed by atoms with Gasteiger partial charge in [-0.1, -0.05) is 42.5 Å². The van der Waals surface area contributed by atoms with E-state index in [1.165, 1.54) is 0 Å². The van der Waals surface area contributed by atoms with Gasteiger partial charge in [0.15, 0.2) is 0 Å². The molecule has 0 fully saturated rings. The second-order valence-electron chi connectivity index (χ2n) is 5.44. The molecular formula is C20H15NO2. The topological polar surface area (TPSA) is 42.4 Å². The Kier molecular flexibility index (Phi) is 3.31. The summed E-state index contributed by atoms with van der Waals surface area (Å²) >= 11 is 0. The van der Waals surface area contributed by atoms with E-state index in [0.29, 0.717) is 12.4 Å². The largest absolute Gasteiger partial charge is 0.507 e. The average molecular weight is 301 g/mol. The third kappa shape index (κ3) is 2.69. The van der Waals surface area contributed by atoms with Gasteiger partial charge in [0.2, 0.25) is 0 Å². The van der Waals surface area contributed by atoms with E-state index in [0.717, 1.165) is 27.4 Å². The van der Waals surface area contributed by atoms with Crippen LogP contribution in [0.15, 0.2) is 72.8 Å². The summed E-state index contributed by atoms with van der Waals surface area (Å²) in [4.78, 5) is 4.60. The van der Waals surface area contributed by atoms with Gasteiger partial charge in [0.05, 0.1) is 11.2 Å². The van der Waals surface area contributed by atoms with Gasteiger partial charge in [-0.2, -0.15) is 0 Å². The van der Waals surface area contributed by atoms with Crippen molar-refractivity contribution in [2.45, 2.75) is 6.61 Å². The predicted molar refractivity (Wildman–Crippen MR) is 91.7 cm³/mol.